The summed E-state index contributed by atoms with van der Waals surface area (Å²) in [6, 6.07) is 17.7. The van der Waals surface area contributed by atoms with E-state index in [0.29, 0.717) is 10.6 Å². The van der Waals surface area contributed by atoms with Gasteiger partial charge in [-0.2, -0.15) is 0 Å². The Hall–Kier alpha value is -1.84. The number of carbonyl (C=O) groups is 1. The number of hydrogen-bond donors (Lipinski definition) is 1. The highest BCUT2D eigenvalue weighted by Crippen LogP contribution is 2.31. The van der Waals surface area contributed by atoms with Crippen molar-refractivity contribution in [3.8, 4) is 0 Å². The lowest BCUT2D eigenvalue weighted by molar-refractivity contribution is 0.0927. The third-order valence-electron chi connectivity index (χ3n) is 4.19. The van der Waals surface area contributed by atoms with Crippen molar-refractivity contribution in [1.82, 2.24) is 10.2 Å². The average molecular weight is 315 g/mol. The van der Waals surface area contributed by atoms with Crippen LogP contribution in [0.5, 0.6) is 0 Å². The zero-order valence-electron chi connectivity index (χ0n) is 12.5. The average Bonchev–Trinajstić information content (AvgIpc) is 2.89. The summed E-state index contributed by atoms with van der Waals surface area (Å²) in [5.74, 6) is -0.0660. The molecule has 22 heavy (non-hydrogen) atoms. The van der Waals surface area contributed by atoms with Crippen LogP contribution in [0.1, 0.15) is 28.4 Å². The van der Waals surface area contributed by atoms with E-state index >= 15 is 0 Å². The van der Waals surface area contributed by atoms with E-state index in [9.17, 15) is 4.79 Å². The fraction of sp³-hybridized carbons (Fsp3) is 0.278. The first-order chi connectivity index (χ1) is 10.6. The molecular weight excluding hydrogens is 296 g/mol. The van der Waals surface area contributed by atoms with Gasteiger partial charge in [-0.15, -0.1) is 0 Å². The Kier molecular flexibility index (Phi) is 4.46. The van der Waals surface area contributed by atoms with E-state index in [1.54, 1.807) is 24.3 Å². The highest BCUT2D eigenvalue weighted by atomic mass is 35.5. The van der Waals surface area contributed by atoms with Gasteiger partial charge in [0, 0.05) is 17.1 Å². The van der Waals surface area contributed by atoms with Crippen molar-refractivity contribution >= 4 is 17.5 Å². The Bertz CT molecular complexity index is 659. The van der Waals surface area contributed by atoms with Crippen LogP contribution in [0.3, 0.4) is 0 Å². The number of carbonyl (C=O) groups excluding carboxylic acids is 1. The van der Waals surface area contributed by atoms with Crippen LogP contribution in [0, 0.1) is 0 Å². The van der Waals surface area contributed by atoms with Gasteiger partial charge in [0.15, 0.2) is 0 Å². The first-order valence-electron chi connectivity index (χ1n) is 7.47. The molecule has 0 aromatic heterocycles. The lowest BCUT2D eigenvalue weighted by Gasteiger charge is -2.26. The summed E-state index contributed by atoms with van der Waals surface area (Å²) in [6.07, 6.45) is 0.947. The van der Waals surface area contributed by atoms with Crippen molar-refractivity contribution in [2.24, 2.45) is 0 Å². The van der Waals surface area contributed by atoms with E-state index in [4.69, 9.17) is 11.6 Å². The molecule has 2 aromatic rings. The maximum atomic E-state index is 12.4. The number of rotatable bonds is 3. The minimum Gasteiger partial charge on any atom is -0.347 e. The first-order valence-corrected chi connectivity index (χ1v) is 7.84. The van der Waals surface area contributed by atoms with Crippen LogP contribution in [-0.4, -0.2) is 30.4 Å². The molecular formula is C18H19ClN2O. The molecule has 1 aliphatic heterocycles. The number of halogens is 1. The molecule has 1 aliphatic rings. The van der Waals surface area contributed by atoms with E-state index in [1.807, 2.05) is 18.2 Å². The van der Waals surface area contributed by atoms with Gasteiger partial charge in [-0.25, -0.2) is 0 Å². The Morgan fingerprint density at radius 2 is 1.95 bits per heavy atom. The standard InChI is InChI=1S/C18H19ClN2O/c1-21-11-10-16(17(21)13-6-3-2-4-7-13)20-18(22)14-8-5-9-15(19)12-14/h2-9,12,16-17H,10-11H2,1H3,(H,20,22)/t16-,17-/m1/s1. The number of likely N-dealkylation sites (N-methyl/N-ethyl adjacent to an activating group) is 1. The first kappa shape index (κ1) is 15.1. The second-order valence-corrected chi connectivity index (χ2v) is 6.15. The highest BCUT2D eigenvalue weighted by Gasteiger charge is 2.33. The summed E-state index contributed by atoms with van der Waals surface area (Å²) in [5, 5.41) is 3.74. The molecule has 0 saturated carbocycles. The van der Waals surface area contributed by atoms with Gasteiger partial charge in [-0.1, -0.05) is 48.0 Å². The Morgan fingerprint density at radius 3 is 2.68 bits per heavy atom. The molecule has 0 aliphatic carbocycles. The third kappa shape index (κ3) is 3.16. The summed E-state index contributed by atoms with van der Waals surface area (Å²) >= 11 is 5.97. The van der Waals surface area contributed by atoms with Gasteiger partial charge in [0.2, 0.25) is 0 Å². The molecule has 1 saturated heterocycles. The molecule has 114 valence electrons. The Balaban J connectivity index is 1.78. The van der Waals surface area contributed by atoms with E-state index < -0.39 is 0 Å². The Morgan fingerprint density at radius 1 is 1.18 bits per heavy atom. The summed E-state index contributed by atoms with van der Waals surface area (Å²) in [4.78, 5) is 14.7. The second-order valence-electron chi connectivity index (χ2n) is 5.72. The molecule has 0 spiro atoms. The van der Waals surface area contributed by atoms with Crippen molar-refractivity contribution in [2.45, 2.75) is 18.5 Å². The predicted molar refractivity (Wildman–Crippen MR) is 89.1 cm³/mol. The summed E-state index contributed by atoms with van der Waals surface area (Å²) in [6.45, 7) is 0.972. The molecule has 2 atom stereocenters. The number of nitrogens with zero attached hydrogens (tertiary/aromatic N) is 1. The number of benzene rings is 2. The monoisotopic (exact) mass is 314 g/mol. The summed E-state index contributed by atoms with van der Waals surface area (Å²) < 4.78 is 0. The zero-order valence-corrected chi connectivity index (χ0v) is 13.3. The maximum absolute atomic E-state index is 12.4. The van der Waals surface area contributed by atoms with Gasteiger partial charge in [0.25, 0.3) is 5.91 Å². The second kappa shape index (κ2) is 6.51. The molecule has 1 fully saturated rings. The molecule has 3 nitrogen and oxygen atoms in total. The summed E-state index contributed by atoms with van der Waals surface area (Å²) in [5.41, 5.74) is 1.84. The minimum absolute atomic E-state index is 0.0660. The fourth-order valence-corrected chi connectivity index (χ4v) is 3.31. The van der Waals surface area contributed by atoms with E-state index in [2.05, 4.69) is 29.4 Å². The molecule has 1 amide bonds. The maximum Gasteiger partial charge on any atom is 0.251 e. The normalized spacial score (nSPS) is 21.7. The molecule has 1 heterocycles. The van der Waals surface area contributed by atoms with Crippen LogP contribution < -0.4 is 5.32 Å². The lowest BCUT2D eigenvalue weighted by atomic mass is 10.00. The van der Waals surface area contributed by atoms with Gasteiger partial charge in [0.1, 0.15) is 0 Å². The van der Waals surface area contributed by atoms with E-state index in [0.717, 1.165) is 13.0 Å². The Labute approximate surface area is 135 Å². The molecule has 4 heteroatoms. The largest absolute Gasteiger partial charge is 0.347 e. The number of hydrogen-bond acceptors (Lipinski definition) is 2. The highest BCUT2D eigenvalue weighted by molar-refractivity contribution is 6.30. The van der Waals surface area contributed by atoms with Crippen LogP contribution in [0.25, 0.3) is 0 Å². The van der Waals surface area contributed by atoms with Gasteiger partial charge < -0.3 is 5.32 Å². The van der Waals surface area contributed by atoms with Crippen molar-refractivity contribution in [3.63, 3.8) is 0 Å². The van der Waals surface area contributed by atoms with Gasteiger partial charge in [-0.05, 0) is 37.2 Å². The topological polar surface area (TPSA) is 32.3 Å². The van der Waals surface area contributed by atoms with Crippen LogP contribution >= 0.6 is 11.6 Å². The number of amides is 1. The fourth-order valence-electron chi connectivity index (χ4n) is 3.12. The number of likely N-dealkylation sites (tertiary alicyclic amines) is 1. The van der Waals surface area contributed by atoms with Crippen LogP contribution in [-0.2, 0) is 0 Å². The van der Waals surface area contributed by atoms with Crippen molar-refractivity contribution < 1.29 is 4.79 Å². The van der Waals surface area contributed by atoms with Crippen molar-refractivity contribution in [2.75, 3.05) is 13.6 Å². The quantitative estimate of drug-likeness (QED) is 0.940. The lowest BCUT2D eigenvalue weighted by Crippen LogP contribution is -2.38. The van der Waals surface area contributed by atoms with Crippen LogP contribution in [0.15, 0.2) is 54.6 Å². The van der Waals surface area contributed by atoms with Crippen molar-refractivity contribution in [1.29, 1.82) is 0 Å². The molecule has 2 aromatic carbocycles. The van der Waals surface area contributed by atoms with E-state index in [1.165, 1.54) is 5.56 Å². The smallest absolute Gasteiger partial charge is 0.251 e. The predicted octanol–water partition coefficient (Wildman–Crippen LogP) is 3.52. The molecule has 0 radical (unpaired) electrons. The molecule has 1 N–H and O–H groups in total. The van der Waals surface area contributed by atoms with Gasteiger partial charge >= 0.3 is 0 Å². The van der Waals surface area contributed by atoms with Crippen LogP contribution in [0.2, 0.25) is 5.02 Å². The van der Waals surface area contributed by atoms with Gasteiger partial charge in [0.05, 0.1) is 12.1 Å². The van der Waals surface area contributed by atoms with Gasteiger partial charge in [-0.3, -0.25) is 9.69 Å². The SMILES string of the molecule is CN1CC[C@@H](NC(=O)c2cccc(Cl)c2)[C@H]1c1ccccc1. The third-order valence-corrected chi connectivity index (χ3v) is 4.43. The molecule has 3 rings (SSSR count). The molecule has 0 bridgehead atoms. The van der Waals surface area contributed by atoms with E-state index in [-0.39, 0.29) is 18.0 Å². The van der Waals surface area contributed by atoms with Crippen molar-refractivity contribution in [3.05, 3.63) is 70.7 Å². The number of nitrogens with one attached hydrogen (secondary N) is 1. The molecule has 0 unspecified atom stereocenters. The zero-order chi connectivity index (χ0) is 15.5. The van der Waals surface area contributed by atoms with Crippen LogP contribution in [0.4, 0.5) is 0 Å². The minimum atomic E-state index is -0.0660. The summed E-state index contributed by atoms with van der Waals surface area (Å²) in [7, 11) is 2.10.